The van der Waals surface area contributed by atoms with E-state index in [0.29, 0.717) is 27.9 Å². The largest absolute Gasteiger partial charge is 0.456 e. The van der Waals surface area contributed by atoms with E-state index < -0.39 is 78.6 Å². The molecule has 0 aliphatic rings. The van der Waals surface area contributed by atoms with Gasteiger partial charge in [0.2, 0.25) is 0 Å². The van der Waals surface area contributed by atoms with Crippen LogP contribution in [-0.4, -0.2) is 0 Å². The first-order valence-corrected chi connectivity index (χ1v) is 14.4. The lowest BCUT2D eigenvalue weighted by Crippen LogP contribution is -1.93. The Bertz CT molecular complexity index is 3140. The molecule has 0 spiro atoms. The first-order chi connectivity index (χ1) is 27.7. The van der Waals surface area contributed by atoms with Crippen molar-refractivity contribution in [1.82, 2.24) is 0 Å². The lowest BCUT2D eigenvalue weighted by Gasteiger charge is -2.20. The van der Waals surface area contributed by atoms with Gasteiger partial charge in [0.15, 0.2) is 0 Å². The molecule has 210 valence electrons. The predicted molar refractivity (Wildman–Crippen MR) is 190 cm³/mol. The van der Waals surface area contributed by atoms with E-state index in [4.69, 9.17) is 16.8 Å². The van der Waals surface area contributed by atoms with Crippen molar-refractivity contribution in [1.29, 1.82) is 0 Å². The van der Waals surface area contributed by atoms with Gasteiger partial charge in [-0.15, -0.1) is 0 Å². The predicted octanol–water partition coefficient (Wildman–Crippen LogP) is 12.6. The Balaban J connectivity index is 1.49. The van der Waals surface area contributed by atoms with E-state index in [1.807, 2.05) is 54.6 Å². The molecule has 8 aromatic carbocycles. The second-order valence-electron chi connectivity index (χ2n) is 10.7. The third-order valence-corrected chi connectivity index (χ3v) is 8.21. The number of benzene rings is 8. The van der Waals surface area contributed by atoms with Gasteiger partial charge in [0.25, 0.3) is 0 Å². The van der Waals surface area contributed by atoms with Gasteiger partial charge >= 0.3 is 0 Å². The number of fused-ring (bicyclic) bond motifs is 5. The summed E-state index contributed by atoms with van der Waals surface area (Å²) in [6.45, 7) is 0. The molecule has 0 unspecified atom stereocenters. The Hall–Kier alpha value is -5.92. The zero-order valence-electron chi connectivity index (χ0n) is 36.6. The van der Waals surface area contributed by atoms with Crippen LogP contribution < -0.4 is 0 Å². The van der Waals surface area contributed by atoms with Gasteiger partial charge in [-0.25, -0.2) is 0 Å². The average Bonchev–Trinajstić information content (AvgIpc) is 3.63. The SMILES string of the molecule is [2H]c1c([2H])c([2H])c(-c2ccc(-c3c4c([2H])c([2H])c([2H])c([2H])c4c(-c4ccc5oc6ccccc6c5c4-c4ccccc4)c4c([2H])c([2H])c([2H])c([2H])c34)cc2)c([2H])c1[2H]. The van der Waals surface area contributed by atoms with Crippen LogP contribution in [0.5, 0.6) is 0 Å². The molecular weight excluding hydrogens is 544 g/mol. The van der Waals surface area contributed by atoms with Gasteiger partial charge in [0, 0.05) is 16.3 Å². The lowest BCUT2D eigenvalue weighted by molar-refractivity contribution is 0.669. The summed E-state index contributed by atoms with van der Waals surface area (Å²) in [4.78, 5) is 0. The fourth-order valence-corrected chi connectivity index (χ4v) is 6.31. The highest BCUT2D eigenvalue weighted by Crippen LogP contribution is 2.49. The van der Waals surface area contributed by atoms with Crippen molar-refractivity contribution in [2.45, 2.75) is 0 Å². The summed E-state index contributed by atoms with van der Waals surface area (Å²) in [5, 5.41) is 1.62. The van der Waals surface area contributed by atoms with Crippen molar-refractivity contribution < 1.29 is 22.2 Å². The van der Waals surface area contributed by atoms with Gasteiger partial charge in [-0.2, -0.15) is 0 Å². The summed E-state index contributed by atoms with van der Waals surface area (Å²) < 4.78 is 121. The van der Waals surface area contributed by atoms with Crippen molar-refractivity contribution in [3.8, 4) is 44.5 Å². The first-order valence-electron chi connectivity index (χ1n) is 20.9. The zero-order valence-corrected chi connectivity index (χ0v) is 23.6. The van der Waals surface area contributed by atoms with Gasteiger partial charge in [-0.3, -0.25) is 0 Å². The Morgan fingerprint density at radius 1 is 0.356 bits per heavy atom. The van der Waals surface area contributed by atoms with Crippen LogP contribution in [0.25, 0.3) is 88.0 Å². The summed E-state index contributed by atoms with van der Waals surface area (Å²) in [6.07, 6.45) is 0. The van der Waals surface area contributed by atoms with E-state index >= 15 is 0 Å². The minimum atomic E-state index is -0.541. The van der Waals surface area contributed by atoms with Crippen molar-refractivity contribution in [3.63, 3.8) is 0 Å². The molecule has 0 bridgehead atoms. The third kappa shape index (κ3) is 4.09. The molecule has 0 fully saturated rings. The first kappa shape index (κ1) is 15.7. The normalized spacial score (nSPS) is 15.6. The number of hydrogen-bond donors (Lipinski definition) is 0. The summed E-state index contributed by atoms with van der Waals surface area (Å²) >= 11 is 0. The second-order valence-corrected chi connectivity index (χ2v) is 10.7. The number of furan rings is 1. The molecule has 0 aliphatic carbocycles. The highest BCUT2D eigenvalue weighted by atomic mass is 16.3. The van der Waals surface area contributed by atoms with Crippen LogP contribution in [0.2, 0.25) is 0 Å². The molecule has 0 atom stereocenters. The maximum atomic E-state index is 9.47. The average molecular weight is 586 g/mol. The van der Waals surface area contributed by atoms with Crippen molar-refractivity contribution in [3.05, 3.63) is 170 Å². The third-order valence-electron chi connectivity index (χ3n) is 8.21. The van der Waals surface area contributed by atoms with E-state index in [0.717, 1.165) is 16.3 Å². The van der Waals surface area contributed by atoms with Crippen LogP contribution in [0.3, 0.4) is 0 Å². The topological polar surface area (TPSA) is 13.1 Å². The maximum absolute atomic E-state index is 9.47. The summed E-state index contributed by atoms with van der Waals surface area (Å²) in [6, 6.07) is 20.5. The van der Waals surface area contributed by atoms with E-state index in [-0.39, 0.29) is 43.8 Å². The molecule has 45 heavy (non-hydrogen) atoms. The van der Waals surface area contributed by atoms with Gasteiger partial charge in [-0.1, -0.05) is 151 Å². The fraction of sp³-hybridized carbons (Fsp3) is 0. The quantitative estimate of drug-likeness (QED) is 0.187. The van der Waals surface area contributed by atoms with Gasteiger partial charge < -0.3 is 4.42 Å². The number of para-hydroxylation sites is 1. The molecule has 0 aliphatic heterocycles. The lowest BCUT2D eigenvalue weighted by atomic mass is 9.82. The summed E-state index contributed by atoms with van der Waals surface area (Å²) in [5.41, 5.74) is 3.87. The minimum Gasteiger partial charge on any atom is -0.456 e. The standard InChI is InChI=1S/C44H28O/c1-3-13-29(14-4-1)30-23-25-32(26-24-30)41-33-17-7-9-19-35(33)43(36-20-10-8-18-34(36)41)38-27-28-40-44(37-21-11-12-22-39(37)45-40)42(38)31-15-5-2-6-16-31/h1-28H/i1D,3D,4D,7D,8D,9D,10D,13D,14D,17D,18D,19D,20D. The molecule has 1 heteroatoms. The van der Waals surface area contributed by atoms with Gasteiger partial charge in [0.1, 0.15) is 11.2 Å². The van der Waals surface area contributed by atoms with Crippen LogP contribution in [0.4, 0.5) is 0 Å². The van der Waals surface area contributed by atoms with Crippen molar-refractivity contribution in [2.75, 3.05) is 0 Å². The second kappa shape index (κ2) is 10.4. The highest BCUT2D eigenvalue weighted by Gasteiger charge is 2.22. The number of hydrogen-bond acceptors (Lipinski definition) is 1. The Labute approximate surface area is 279 Å². The van der Waals surface area contributed by atoms with Crippen molar-refractivity contribution >= 4 is 43.5 Å². The number of rotatable bonds is 4. The van der Waals surface area contributed by atoms with E-state index in [2.05, 4.69) is 0 Å². The molecular formula is C44H28O. The molecule has 0 radical (unpaired) electrons. The van der Waals surface area contributed by atoms with Crippen LogP contribution in [-0.2, 0) is 0 Å². The van der Waals surface area contributed by atoms with Crippen LogP contribution in [0.15, 0.2) is 174 Å². The molecule has 9 aromatic rings. The molecule has 1 nitrogen and oxygen atoms in total. The van der Waals surface area contributed by atoms with Crippen LogP contribution in [0.1, 0.15) is 17.8 Å². The maximum Gasteiger partial charge on any atom is 0.136 e. The fourth-order valence-electron chi connectivity index (χ4n) is 6.31. The summed E-state index contributed by atoms with van der Waals surface area (Å²) in [5.74, 6) is 0. The van der Waals surface area contributed by atoms with Gasteiger partial charge in [-0.05, 0) is 78.7 Å². The highest BCUT2D eigenvalue weighted by molar-refractivity contribution is 6.25. The zero-order chi connectivity index (χ0) is 41.1. The Kier molecular flexibility index (Phi) is 3.62. The van der Waals surface area contributed by atoms with E-state index in [1.165, 1.54) is 12.1 Å². The minimum absolute atomic E-state index is 0.0187. The molecule has 0 amide bonds. The van der Waals surface area contributed by atoms with Crippen LogP contribution >= 0.6 is 0 Å². The smallest absolute Gasteiger partial charge is 0.136 e. The molecule has 1 heterocycles. The van der Waals surface area contributed by atoms with E-state index in [9.17, 15) is 5.48 Å². The summed E-state index contributed by atoms with van der Waals surface area (Å²) in [7, 11) is 0. The molecule has 0 saturated heterocycles. The van der Waals surface area contributed by atoms with Gasteiger partial charge in [0.05, 0.1) is 17.8 Å². The van der Waals surface area contributed by atoms with Crippen molar-refractivity contribution in [2.24, 2.45) is 0 Å². The monoisotopic (exact) mass is 585 g/mol. The molecule has 0 N–H and O–H groups in total. The molecule has 0 saturated carbocycles. The molecule has 1 aromatic heterocycles. The Morgan fingerprint density at radius 3 is 1.60 bits per heavy atom. The Morgan fingerprint density at radius 2 is 0.911 bits per heavy atom. The molecule has 9 rings (SSSR count). The van der Waals surface area contributed by atoms with E-state index in [1.54, 1.807) is 24.3 Å². The van der Waals surface area contributed by atoms with Crippen LogP contribution in [0, 0.1) is 0 Å².